The summed E-state index contributed by atoms with van der Waals surface area (Å²) in [4.78, 5) is 30.1. The van der Waals surface area contributed by atoms with E-state index in [1.807, 2.05) is 30.3 Å². The highest BCUT2D eigenvalue weighted by Crippen LogP contribution is 2.04. The van der Waals surface area contributed by atoms with E-state index in [4.69, 9.17) is 5.73 Å². The molecule has 9 nitrogen and oxygen atoms in total. The summed E-state index contributed by atoms with van der Waals surface area (Å²) in [7, 11) is 0. The van der Waals surface area contributed by atoms with Crippen LogP contribution < -0.4 is 11.1 Å². The first kappa shape index (κ1) is 21.2. The van der Waals surface area contributed by atoms with Gasteiger partial charge in [-0.3, -0.25) is 4.79 Å². The Kier molecular flexibility index (Phi) is 8.95. The number of hydrogen-bond donors (Lipinski definition) is 4. The van der Waals surface area contributed by atoms with Crippen molar-refractivity contribution in [3.05, 3.63) is 54.1 Å². The van der Waals surface area contributed by atoms with E-state index in [2.05, 4.69) is 15.3 Å². The number of amides is 1. The van der Waals surface area contributed by atoms with E-state index in [0.717, 1.165) is 5.56 Å². The van der Waals surface area contributed by atoms with Crippen LogP contribution in [-0.4, -0.2) is 50.0 Å². The second kappa shape index (κ2) is 10.1. The summed E-state index contributed by atoms with van der Waals surface area (Å²) in [6.45, 7) is 0. The zero-order valence-electron chi connectivity index (χ0n) is 12.9. The summed E-state index contributed by atoms with van der Waals surface area (Å²) >= 11 is 0. The Hall–Kier alpha value is -2.75. The van der Waals surface area contributed by atoms with Crippen LogP contribution in [0.25, 0.3) is 0 Å². The number of nitrogens with one attached hydrogen (secondary N) is 2. The molecule has 1 amide bonds. The van der Waals surface area contributed by atoms with Crippen molar-refractivity contribution in [2.75, 3.05) is 0 Å². The maximum Gasteiger partial charge on any atom is 0.326 e. The van der Waals surface area contributed by atoms with Gasteiger partial charge in [-0.05, 0) is 5.56 Å². The van der Waals surface area contributed by atoms with Crippen molar-refractivity contribution in [2.24, 2.45) is 5.73 Å². The van der Waals surface area contributed by atoms with Crippen molar-refractivity contribution in [1.82, 2.24) is 15.3 Å². The van der Waals surface area contributed by atoms with E-state index in [1.165, 1.54) is 6.33 Å². The average molecular weight is 338 g/mol. The number of carbonyl (C=O) groups excluding carboxylic acids is 1. The number of benzene rings is 1. The molecule has 0 aliphatic rings. The Labute approximate surface area is 138 Å². The third kappa shape index (κ3) is 6.16. The molecule has 24 heavy (non-hydrogen) atoms. The molecule has 9 N–H and O–H groups in total. The van der Waals surface area contributed by atoms with Gasteiger partial charge in [0.05, 0.1) is 18.1 Å². The zero-order chi connectivity index (χ0) is 15.9. The smallest absolute Gasteiger partial charge is 0.326 e. The van der Waals surface area contributed by atoms with Crippen LogP contribution in [0.2, 0.25) is 0 Å². The van der Waals surface area contributed by atoms with Crippen LogP contribution in [0, 0.1) is 0 Å². The fraction of sp³-hybridized carbons (Fsp3) is 0.267. The Morgan fingerprint density at radius 1 is 1.21 bits per heavy atom. The molecule has 0 radical (unpaired) electrons. The minimum Gasteiger partial charge on any atom is -0.480 e. The monoisotopic (exact) mass is 338 g/mol. The number of aromatic nitrogens is 2. The van der Waals surface area contributed by atoms with E-state index in [-0.39, 0.29) is 23.8 Å². The normalized spacial score (nSPS) is 12.2. The molecule has 0 bridgehead atoms. The van der Waals surface area contributed by atoms with Crippen LogP contribution in [-0.2, 0) is 22.4 Å². The summed E-state index contributed by atoms with van der Waals surface area (Å²) in [5.74, 6) is -1.60. The SMILES string of the molecule is N[C@@H](Cc1c[nH]cn1)C(=O)N[C@@H](Cc1ccccc1)C(=O)O.O.O. The summed E-state index contributed by atoms with van der Waals surface area (Å²) in [6, 6.07) is 7.24. The maximum atomic E-state index is 12.0. The predicted molar refractivity (Wildman–Crippen MR) is 87.2 cm³/mol. The molecule has 1 heterocycles. The summed E-state index contributed by atoms with van der Waals surface area (Å²) in [6.07, 6.45) is 3.59. The van der Waals surface area contributed by atoms with Gasteiger partial charge in [0.2, 0.25) is 5.91 Å². The highest BCUT2D eigenvalue weighted by molar-refractivity contribution is 5.87. The molecule has 0 fully saturated rings. The molecule has 2 rings (SSSR count). The van der Waals surface area contributed by atoms with E-state index in [9.17, 15) is 14.7 Å². The van der Waals surface area contributed by atoms with Crippen molar-refractivity contribution < 1.29 is 25.6 Å². The number of nitrogens with two attached hydrogens (primary N) is 1. The molecular formula is C15H22N4O5. The largest absolute Gasteiger partial charge is 0.480 e. The second-order valence-corrected chi connectivity index (χ2v) is 4.96. The lowest BCUT2D eigenvalue weighted by Crippen LogP contribution is -2.50. The first-order chi connectivity index (χ1) is 10.6. The first-order valence-electron chi connectivity index (χ1n) is 6.86. The van der Waals surface area contributed by atoms with Crippen molar-refractivity contribution in [3.63, 3.8) is 0 Å². The number of nitrogens with zero attached hydrogens (tertiary/aromatic N) is 1. The van der Waals surface area contributed by atoms with Crippen LogP contribution in [0.15, 0.2) is 42.9 Å². The fourth-order valence-electron chi connectivity index (χ4n) is 2.05. The molecule has 0 unspecified atom stereocenters. The van der Waals surface area contributed by atoms with Crippen molar-refractivity contribution in [3.8, 4) is 0 Å². The molecule has 0 saturated carbocycles. The zero-order valence-corrected chi connectivity index (χ0v) is 12.9. The molecule has 2 aromatic rings. The van der Waals surface area contributed by atoms with Gasteiger partial charge in [0.1, 0.15) is 6.04 Å². The molecular weight excluding hydrogens is 316 g/mol. The summed E-state index contributed by atoms with van der Waals surface area (Å²) in [5.41, 5.74) is 7.27. The van der Waals surface area contributed by atoms with E-state index < -0.39 is 24.0 Å². The lowest BCUT2D eigenvalue weighted by atomic mass is 10.1. The Bertz CT molecular complexity index is 618. The number of imidazole rings is 1. The van der Waals surface area contributed by atoms with Crippen LogP contribution in [0.4, 0.5) is 0 Å². The molecule has 0 spiro atoms. The maximum absolute atomic E-state index is 12.0. The number of hydrogen-bond acceptors (Lipinski definition) is 4. The highest BCUT2D eigenvalue weighted by Gasteiger charge is 2.24. The topological polar surface area (TPSA) is 184 Å². The van der Waals surface area contributed by atoms with Crippen LogP contribution in [0.3, 0.4) is 0 Å². The Morgan fingerprint density at radius 3 is 2.42 bits per heavy atom. The number of aromatic amines is 1. The quantitative estimate of drug-likeness (QED) is 0.475. The molecule has 0 aliphatic carbocycles. The lowest BCUT2D eigenvalue weighted by Gasteiger charge is -2.17. The van der Waals surface area contributed by atoms with Crippen molar-refractivity contribution in [1.29, 1.82) is 0 Å². The third-order valence-electron chi connectivity index (χ3n) is 3.22. The number of carboxylic acids is 1. The van der Waals surface area contributed by atoms with Crippen molar-refractivity contribution in [2.45, 2.75) is 24.9 Å². The summed E-state index contributed by atoms with van der Waals surface area (Å²) in [5, 5.41) is 11.7. The number of carboxylic acid groups (broad SMARTS) is 1. The summed E-state index contributed by atoms with van der Waals surface area (Å²) < 4.78 is 0. The molecule has 2 atom stereocenters. The average Bonchev–Trinajstić information content (AvgIpc) is 3.00. The van der Waals surface area contributed by atoms with Gasteiger partial charge in [-0.25, -0.2) is 9.78 Å². The molecule has 132 valence electrons. The van der Waals surface area contributed by atoms with Crippen LogP contribution in [0.5, 0.6) is 0 Å². The van der Waals surface area contributed by atoms with Gasteiger partial charge >= 0.3 is 5.97 Å². The van der Waals surface area contributed by atoms with Gasteiger partial charge < -0.3 is 32.1 Å². The third-order valence-corrected chi connectivity index (χ3v) is 3.22. The van der Waals surface area contributed by atoms with Gasteiger partial charge in [-0.2, -0.15) is 0 Å². The van der Waals surface area contributed by atoms with E-state index in [1.54, 1.807) is 6.20 Å². The number of rotatable bonds is 7. The molecule has 1 aromatic carbocycles. The van der Waals surface area contributed by atoms with Crippen molar-refractivity contribution >= 4 is 11.9 Å². The molecule has 0 aliphatic heterocycles. The first-order valence-corrected chi connectivity index (χ1v) is 6.86. The fourth-order valence-corrected chi connectivity index (χ4v) is 2.05. The standard InChI is InChI=1S/C15H18N4O3.2H2O/c16-12(7-11-8-17-9-18-11)14(20)19-13(15(21)22)6-10-4-2-1-3-5-10;;/h1-5,8-9,12-13H,6-7,16H2,(H,17,18)(H,19,20)(H,21,22);2*1H2/t12-,13-;;/m0../s1. The van der Waals surface area contributed by atoms with Gasteiger partial charge in [-0.15, -0.1) is 0 Å². The van der Waals surface area contributed by atoms with E-state index >= 15 is 0 Å². The minimum atomic E-state index is -1.09. The highest BCUT2D eigenvalue weighted by atomic mass is 16.4. The van der Waals surface area contributed by atoms with Gasteiger partial charge in [0.25, 0.3) is 0 Å². The van der Waals surface area contributed by atoms with Gasteiger partial charge in [0.15, 0.2) is 0 Å². The predicted octanol–water partition coefficient (Wildman–Crippen LogP) is -1.56. The lowest BCUT2D eigenvalue weighted by molar-refractivity contribution is -0.141. The Balaban J connectivity index is 0.00000264. The van der Waals surface area contributed by atoms with Crippen LogP contribution >= 0.6 is 0 Å². The van der Waals surface area contributed by atoms with Gasteiger partial charge in [0, 0.05) is 19.0 Å². The van der Waals surface area contributed by atoms with E-state index in [0.29, 0.717) is 5.69 Å². The molecule has 9 heteroatoms. The number of aliphatic carboxylic acids is 1. The second-order valence-electron chi connectivity index (χ2n) is 4.96. The van der Waals surface area contributed by atoms with Gasteiger partial charge in [-0.1, -0.05) is 30.3 Å². The Morgan fingerprint density at radius 2 is 1.88 bits per heavy atom. The molecule has 0 saturated heterocycles. The number of H-pyrrole nitrogens is 1. The minimum absolute atomic E-state index is 0. The van der Waals surface area contributed by atoms with Crippen LogP contribution in [0.1, 0.15) is 11.3 Å². The molecule has 1 aromatic heterocycles. The number of carbonyl (C=O) groups is 2.